The van der Waals surface area contributed by atoms with Crippen molar-refractivity contribution in [2.75, 3.05) is 0 Å². The number of hydrogen-bond acceptors (Lipinski definition) is 1. The minimum atomic E-state index is 0.957. The second-order valence-corrected chi connectivity index (χ2v) is 4.79. The molecule has 0 spiro atoms. The SMILES string of the molecule is Cc1nc2c(P)c(P)c(P)cc2[nH]1. The van der Waals surface area contributed by atoms with Crippen molar-refractivity contribution in [1.29, 1.82) is 0 Å². The molecule has 5 heteroatoms. The Bertz CT molecular complexity index is 476. The van der Waals surface area contributed by atoms with Gasteiger partial charge in [0.2, 0.25) is 0 Å². The molecule has 2 aromatic rings. The molecular weight excluding hydrogens is 217 g/mol. The predicted molar refractivity (Wildman–Crippen MR) is 68.9 cm³/mol. The number of benzene rings is 1. The molecule has 0 saturated carbocycles. The molecule has 1 heterocycles. The second kappa shape index (κ2) is 3.28. The van der Waals surface area contributed by atoms with E-state index in [0.29, 0.717) is 0 Å². The lowest BCUT2D eigenvalue weighted by atomic mass is 10.3. The summed E-state index contributed by atoms with van der Waals surface area (Å²) in [6, 6.07) is 2.09. The van der Waals surface area contributed by atoms with Crippen LogP contribution in [0.1, 0.15) is 5.82 Å². The van der Waals surface area contributed by atoms with Crippen LogP contribution in [0.2, 0.25) is 0 Å². The van der Waals surface area contributed by atoms with Crippen LogP contribution >= 0.6 is 27.7 Å². The zero-order chi connectivity index (χ0) is 9.59. The number of rotatable bonds is 0. The van der Waals surface area contributed by atoms with E-state index in [0.717, 1.165) is 22.2 Å². The number of H-pyrrole nitrogens is 1. The van der Waals surface area contributed by atoms with E-state index in [4.69, 9.17) is 0 Å². The first-order valence-corrected chi connectivity index (χ1v) is 5.62. The smallest absolute Gasteiger partial charge is 0.104 e. The molecule has 2 rings (SSSR count). The monoisotopic (exact) mass is 228 g/mol. The molecule has 1 N–H and O–H groups in total. The highest BCUT2D eigenvalue weighted by molar-refractivity contribution is 7.40. The quantitative estimate of drug-likeness (QED) is 0.648. The fraction of sp³-hybridized carbons (Fsp3) is 0.125. The molecule has 0 amide bonds. The van der Waals surface area contributed by atoms with Gasteiger partial charge in [-0.1, -0.05) is 0 Å². The van der Waals surface area contributed by atoms with Crippen LogP contribution in [0.4, 0.5) is 0 Å². The lowest BCUT2D eigenvalue weighted by molar-refractivity contribution is 1.17. The Labute approximate surface area is 83.9 Å². The van der Waals surface area contributed by atoms with E-state index in [1.807, 2.05) is 6.92 Å². The zero-order valence-electron chi connectivity index (χ0n) is 7.26. The van der Waals surface area contributed by atoms with Crippen LogP contribution in [0.15, 0.2) is 6.07 Å². The van der Waals surface area contributed by atoms with E-state index in [-0.39, 0.29) is 0 Å². The highest BCUT2D eigenvalue weighted by Crippen LogP contribution is 2.11. The third-order valence-corrected chi connectivity index (χ3v) is 4.38. The summed E-state index contributed by atoms with van der Waals surface area (Å²) in [5.41, 5.74) is 2.14. The summed E-state index contributed by atoms with van der Waals surface area (Å²) in [6.07, 6.45) is 0. The molecule has 0 aliphatic carbocycles. The number of hydrogen-bond donors (Lipinski definition) is 1. The molecule has 0 saturated heterocycles. The maximum Gasteiger partial charge on any atom is 0.104 e. The van der Waals surface area contributed by atoms with E-state index < -0.39 is 0 Å². The summed E-state index contributed by atoms with van der Waals surface area (Å²) < 4.78 is 0. The number of aryl methyl sites for hydroxylation is 1. The molecule has 3 atom stereocenters. The standard InChI is InChI=1S/C8H11N2P3/c1-3-9-4-2-5(11)7(12)8(13)6(4)10-3/h2H,11-13H2,1H3,(H,9,10). The number of aromatic amines is 1. The maximum atomic E-state index is 4.42. The van der Waals surface area contributed by atoms with E-state index in [9.17, 15) is 0 Å². The Kier molecular flexibility index (Phi) is 2.41. The summed E-state index contributed by atoms with van der Waals surface area (Å²) in [4.78, 5) is 7.64. The maximum absolute atomic E-state index is 4.42. The van der Waals surface area contributed by atoms with Crippen molar-refractivity contribution in [2.24, 2.45) is 0 Å². The van der Waals surface area contributed by atoms with E-state index in [2.05, 4.69) is 43.8 Å². The van der Waals surface area contributed by atoms with Gasteiger partial charge in [0.05, 0.1) is 11.0 Å². The minimum absolute atomic E-state index is 0.957. The van der Waals surface area contributed by atoms with E-state index >= 15 is 0 Å². The van der Waals surface area contributed by atoms with Crippen LogP contribution < -0.4 is 15.9 Å². The Morgan fingerprint density at radius 3 is 2.62 bits per heavy atom. The fourth-order valence-electron chi connectivity index (χ4n) is 1.34. The molecule has 0 radical (unpaired) electrons. The van der Waals surface area contributed by atoms with Gasteiger partial charge in [-0.2, -0.15) is 0 Å². The Hall–Kier alpha value is -0.0200. The number of imidazole rings is 1. The van der Waals surface area contributed by atoms with Crippen molar-refractivity contribution in [1.82, 2.24) is 9.97 Å². The zero-order valence-corrected chi connectivity index (χ0v) is 10.7. The van der Waals surface area contributed by atoms with Crippen LogP contribution in [-0.2, 0) is 0 Å². The highest BCUT2D eigenvalue weighted by atomic mass is 31.0. The molecule has 0 aliphatic heterocycles. The summed E-state index contributed by atoms with van der Waals surface area (Å²) in [5, 5.41) is 3.53. The van der Waals surface area contributed by atoms with Gasteiger partial charge in [0.15, 0.2) is 0 Å². The normalized spacial score (nSPS) is 11.1. The fourth-order valence-corrected chi connectivity index (χ4v) is 2.43. The van der Waals surface area contributed by atoms with Gasteiger partial charge in [-0.05, 0) is 23.6 Å². The van der Waals surface area contributed by atoms with Crippen molar-refractivity contribution >= 4 is 54.7 Å². The Morgan fingerprint density at radius 2 is 1.92 bits per heavy atom. The first-order chi connectivity index (χ1) is 6.09. The molecule has 0 fully saturated rings. The Balaban J connectivity index is 2.92. The van der Waals surface area contributed by atoms with Gasteiger partial charge < -0.3 is 4.98 Å². The Morgan fingerprint density at radius 1 is 1.23 bits per heavy atom. The van der Waals surface area contributed by atoms with Gasteiger partial charge in [-0.3, -0.25) is 0 Å². The number of nitrogens with zero attached hydrogens (tertiary/aromatic N) is 1. The van der Waals surface area contributed by atoms with Crippen molar-refractivity contribution in [3.63, 3.8) is 0 Å². The molecule has 1 aromatic carbocycles. The summed E-state index contributed by atoms with van der Waals surface area (Å²) >= 11 is 0. The molecule has 3 unspecified atom stereocenters. The molecule has 0 aliphatic rings. The van der Waals surface area contributed by atoms with Crippen LogP contribution in [-0.4, -0.2) is 9.97 Å². The van der Waals surface area contributed by atoms with E-state index in [1.165, 1.54) is 10.6 Å². The van der Waals surface area contributed by atoms with Gasteiger partial charge in [0, 0.05) is 5.30 Å². The largest absolute Gasteiger partial charge is 0.342 e. The minimum Gasteiger partial charge on any atom is -0.342 e. The second-order valence-electron chi connectivity index (χ2n) is 3.01. The van der Waals surface area contributed by atoms with Crippen molar-refractivity contribution in [3.05, 3.63) is 11.9 Å². The lowest BCUT2D eigenvalue weighted by Crippen LogP contribution is -2.24. The van der Waals surface area contributed by atoms with Gasteiger partial charge in [0.25, 0.3) is 0 Å². The van der Waals surface area contributed by atoms with Gasteiger partial charge in [-0.15, -0.1) is 27.7 Å². The van der Waals surface area contributed by atoms with Crippen molar-refractivity contribution in [2.45, 2.75) is 6.92 Å². The van der Waals surface area contributed by atoms with Gasteiger partial charge >= 0.3 is 0 Å². The number of fused-ring (bicyclic) bond motifs is 1. The third kappa shape index (κ3) is 1.52. The van der Waals surface area contributed by atoms with Crippen molar-refractivity contribution in [3.8, 4) is 0 Å². The first-order valence-electron chi connectivity index (χ1n) is 3.89. The average Bonchev–Trinajstić information content (AvgIpc) is 2.42. The molecule has 13 heavy (non-hydrogen) atoms. The molecule has 0 bridgehead atoms. The summed E-state index contributed by atoms with van der Waals surface area (Å²) in [5.74, 6) is 0.957. The molecule has 1 aromatic heterocycles. The van der Waals surface area contributed by atoms with Gasteiger partial charge in [0.1, 0.15) is 5.82 Å². The van der Waals surface area contributed by atoms with Crippen LogP contribution in [0.25, 0.3) is 11.0 Å². The van der Waals surface area contributed by atoms with Crippen LogP contribution in [0, 0.1) is 6.92 Å². The molecule has 68 valence electrons. The molecular formula is C8H11N2P3. The highest BCUT2D eigenvalue weighted by Gasteiger charge is 2.07. The van der Waals surface area contributed by atoms with E-state index in [1.54, 1.807) is 0 Å². The van der Waals surface area contributed by atoms with Crippen molar-refractivity contribution < 1.29 is 0 Å². The summed E-state index contributed by atoms with van der Waals surface area (Å²) in [6.45, 7) is 1.97. The van der Waals surface area contributed by atoms with Crippen LogP contribution in [0.3, 0.4) is 0 Å². The topological polar surface area (TPSA) is 28.7 Å². The lowest BCUT2D eigenvalue weighted by Gasteiger charge is -2.03. The molecule has 2 nitrogen and oxygen atoms in total. The summed E-state index contributed by atoms with van der Waals surface area (Å²) in [7, 11) is 8.18. The van der Waals surface area contributed by atoms with Crippen LogP contribution in [0.5, 0.6) is 0 Å². The van der Waals surface area contributed by atoms with Gasteiger partial charge in [-0.25, -0.2) is 4.98 Å². The third-order valence-electron chi connectivity index (χ3n) is 2.01. The number of nitrogens with one attached hydrogen (secondary N) is 1. The average molecular weight is 228 g/mol. The predicted octanol–water partition coefficient (Wildman–Crippen LogP) is 0.373. The number of aromatic nitrogens is 2. The first kappa shape index (κ1) is 9.53.